The third-order valence-electron chi connectivity index (χ3n) is 6.02. The van der Waals surface area contributed by atoms with Gasteiger partial charge in [-0.25, -0.2) is 4.57 Å². The van der Waals surface area contributed by atoms with Gasteiger partial charge in [-0.15, -0.1) is 12.3 Å². The van der Waals surface area contributed by atoms with E-state index in [2.05, 4.69) is 28.6 Å². The molecule has 7 nitrogen and oxygen atoms in total. The maximum Gasteiger partial charge on any atom is 0.469 e. The van der Waals surface area contributed by atoms with Crippen molar-refractivity contribution < 1.29 is 28.3 Å². The van der Waals surface area contributed by atoms with Gasteiger partial charge in [-0.1, -0.05) is 18.2 Å². The fourth-order valence-electron chi connectivity index (χ4n) is 4.43. The zero-order valence-corrected chi connectivity index (χ0v) is 18.2. The third kappa shape index (κ3) is 6.90. The molecule has 1 fully saturated rings. The van der Waals surface area contributed by atoms with Gasteiger partial charge in [-0.2, -0.15) is 0 Å². The Bertz CT molecular complexity index is 803. The van der Waals surface area contributed by atoms with E-state index in [4.69, 9.17) is 31.4 Å². The average Bonchev–Trinajstić information content (AvgIpc) is 3.11. The number of ether oxygens (including phenoxy) is 2. The monoisotopic (exact) mass is 437 g/mol. The first-order valence-electron chi connectivity index (χ1n) is 10.5. The Morgan fingerprint density at radius 3 is 2.83 bits per heavy atom. The van der Waals surface area contributed by atoms with Crippen LogP contribution in [0.3, 0.4) is 0 Å². The second-order valence-corrected chi connectivity index (χ2v) is 9.64. The van der Waals surface area contributed by atoms with Crippen LogP contribution in [-0.2, 0) is 31.4 Å². The highest BCUT2D eigenvalue weighted by molar-refractivity contribution is 7.46. The minimum Gasteiger partial charge on any atom is -0.378 e. The Hall–Kier alpha value is -1.23. The van der Waals surface area contributed by atoms with E-state index in [1.54, 1.807) is 0 Å². The summed E-state index contributed by atoms with van der Waals surface area (Å²) in [6.45, 7) is 1.61. The molecule has 0 aromatic heterocycles. The van der Waals surface area contributed by atoms with Crippen LogP contribution in [0.5, 0.6) is 0 Å². The lowest BCUT2D eigenvalue weighted by Crippen LogP contribution is -2.41. The van der Waals surface area contributed by atoms with Crippen molar-refractivity contribution >= 4 is 7.82 Å². The Morgan fingerprint density at radius 1 is 1.23 bits per heavy atom. The van der Waals surface area contributed by atoms with Crippen LogP contribution in [0.2, 0.25) is 0 Å². The van der Waals surface area contributed by atoms with Gasteiger partial charge >= 0.3 is 7.82 Å². The van der Waals surface area contributed by atoms with Crippen LogP contribution in [0, 0.1) is 12.3 Å². The van der Waals surface area contributed by atoms with E-state index < -0.39 is 13.4 Å². The fraction of sp³-hybridized carbons (Fsp3) is 0.636. The highest BCUT2D eigenvalue weighted by Gasteiger charge is 2.38. The predicted molar refractivity (Wildman–Crippen MR) is 114 cm³/mol. The summed E-state index contributed by atoms with van der Waals surface area (Å²) in [5.74, 6) is 2.84. The number of rotatable bonds is 10. The van der Waals surface area contributed by atoms with E-state index in [1.165, 1.54) is 16.7 Å². The van der Waals surface area contributed by atoms with Gasteiger partial charge in [0.1, 0.15) is 0 Å². The standard InChI is InChI=1S/C22H32NO6P/c1-2-3-10-27-11-12-28-21-7-6-17-13-18(4-5-19(17)14-21)20-8-9-22(23,15-20)16-29-30(24,25)26/h1,4-5,13,20-21H,3,6-12,14-16,23H2,(H2,24,25,26)/t20-,21+,22+/m1/s1. The Morgan fingerprint density at radius 2 is 2.07 bits per heavy atom. The Labute approximate surface area is 178 Å². The molecule has 1 aromatic rings. The number of hydrogen-bond acceptors (Lipinski definition) is 5. The number of fused-ring (bicyclic) bond motifs is 1. The van der Waals surface area contributed by atoms with Crippen molar-refractivity contribution in [2.45, 2.75) is 62.5 Å². The van der Waals surface area contributed by atoms with Crippen LogP contribution in [0.25, 0.3) is 0 Å². The quantitative estimate of drug-likeness (QED) is 0.293. The van der Waals surface area contributed by atoms with Crippen LogP contribution in [0.15, 0.2) is 18.2 Å². The summed E-state index contributed by atoms with van der Waals surface area (Å²) in [6, 6.07) is 6.62. The molecule has 2 aliphatic rings. The first-order valence-corrected chi connectivity index (χ1v) is 12.0. The molecule has 3 rings (SSSR count). The van der Waals surface area contributed by atoms with E-state index in [9.17, 15) is 4.57 Å². The maximum absolute atomic E-state index is 11.0. The van der Waals surface area contributed by atoms with Gasteiger partial charge in [0, 0.05) is 12.0 Å². The average molecular weight is 437 g/mol. The van der Waals surface area contributed by atoms with Crippen LogP contribution in [-0.4, -0.2) is 47.9 Å². The second kappa shape index (κ2) is 10.4. The minimum atomic E-state index is -4.50. The molecule has 0 unspecified atom stereocenters. The third-order valence-corrected chi connectivity index (χ3v) is 6.49. The summed E-state index contributed by atoms with van der Waals surface area (Å²) in [4.78, 5) is 17.9. The molecule has 8 heteroatoms. The minimum absolute atomic E-state index is 0.121. The van der Waals surface area contributed by atoms with E-state index in [0.717, 1.165) is 25.7 Å². The molecule has 0 saturated heterocycles. The van der Waals surface area contributed by atoms with Crippen LogP contribution in [0.1, 0.15) is 54.7 Å². The number of phosphoric ester groups is 1. The van der Waals surface area contributed by atoms with Crippen molar-refractivity contribution in [1.29, 1.82) is 0 Å². The van der Waals surface area contributed by atoms with Gasteiger partial charge in [0.15, 0.2) is 0 Å². The topological polar surface area (TPSA) is 111 Å². The van der Waals surface area contributed by atoms with Gasteiger partial charge in [0.05, 0.1) is 32.5 Å². The molecule has 0 heterocycles. The van der Waals surface area contributed by atoms with Crippen molar-refractivity contribution in [3.8, 4) is 12.3 Å². The van der Waals surface area contributed by atoms with Crippen molar-refractivity contribution in [3.05, 3.63) is 34.9 Å². The summed E-state index contributed by atoms with van der Waals surface area (Å²) in [7, 11) is -4.50. The number of nitrogens with two attached hydrogens (primary N) is 1. The molecule has 1 saturated carbocycles. The molecule has 2 aliphatic carbocycles. The maximum atomic E-state index is 11.0. The fourth-order valence-corrected chi connectivity index (χ4v) is 4.85. The summed E-state index contributed by atoms with van der Waals surface area (Å²) in [6.07, 6.45) is 11.2. The van der Waals surface area contributed by atoms with Crippen LogP contribution < -0.4 is 5.73 Å². The van der Waals surface area contributed by atoms with E-state index in [1.807, 2.05) is 0 Å². The van der Waals surface area contributed by atoms with E-state index in [0.29, 0.717) is 39.1 Å². The lowest BCUT2D eigenvalue weighted by molar-refractivity contribution is 0.000646. The molecule has 1 aromatic carbocycles. The SMILES string of the molecule is C#CCCOCCO[C@H]1CCc2cc([C@@H]3CC[C@@](N)(COP(=O)(O)O)C3)ccc2C1. The summed E-state index contributed by atoms with van der Waals surface area (Å²) >= 11 is 0. The van der Waals surface area contributed by atoms with Gasteiger partial charge in [-0.05, 0) is 61.1 Å². The highest BCUT2D eigenvalue weighted by atomic mass is 31.2. The van der Waals surface area contributed by atoms with Crippen molar-refractivity contribution in [2.75, 3.05) is 26.4 Å². The molecule has 0 spiro atoms. The van der Waals surface area contributed by atoms with Gasteiger partial charge in [0.2, 0.25) is 0 Å². The molecule has 166 valence electrons. The van der Waals surface area contributed by atoms with Gasteiger partial charge < -0.3 is 25.0 Å². The highest BCUT2D eigenvalue weighted by Crippen LogP contribution is 2.44. The summed E-state index contributed by atoms with van der Waals surface area (Å²) in [5.41, 5.74) is 9.57. The smallest absolute Gasteiger partial charge is 0.378 e. The first kappa shape index (κ1) is 23.4. The summed E-state index contributed by atoms with van der Waals surface area (Å²) < 4.78 is 27.0. The van der Waals surface area contributed by atoms with Crippen molar-refractivity contribution in [1.82, 2.24) is 0 Å². The lowest BCUT2D eigenvalue weighted by Gasteiger charge is -2.27. The molecular formula is C22H32NO6P. The molecule has 0 aliphatic heterocycles. The largest absolute Gasteiger partial charge is 0.469 e. The molecular weight excluding hydrogens is 405 g/mol. The van der Waals surface area contributed by atoms with E-state index in [-0.39, 0.29) is 18.6 Å². The Balaban J connectivity index is 1.49. The predicted octanol–water partition coefficient (Wildman–Crippen LogP) is 2.67. The normalized spacial score (nSPS) is 26.3. The molecule has 0 radical (unpaired) electrons. The van der Waals surface area contributed by atoms with Crippen LogP contribution in [0.4, 0.5) is 0 Å². The lowest BCUT2D eigenvalue weighted by atomic mass is 9.85. The van der Waals surface area contributed by atoms with Crippen LogP contribution >= 0.6 is 7.82 Å². The first-order chi connectivity index (χ1) is 14.3. The number of benzene rings is 1. The molecule has 3 atom stereocenters. The second-order valence-electron chi connectivity index (χ2n) is 8.40. The zero-order chi connectivity index (χ0) is 21.6. The van der Waals surface area contributed by atoms with Gasteiger partial charge in [-0.3, -0.25) is 4.52 Å². The summed E-state index contributed by atoms with van der Waals surface area (Å²) in [5, 5.41) is 0. The van der Waals surface area contributed by atoms with Gasteiger partial charge in [0.25, 0.3) is 0 Å². The van der Waals surface area contributed by atoms with E-state index >= 15 is 0 Å². The molecule has 0 bridgehead atoms. The Kier molecular flexibility index (Phi) is 8.11. The molecule has 30 heavy (non-hydrogen) atoms. The molecule has 0 amide bonds. The number of terminal acetylenes is 1. The number of phosphoric acid groups is 1. The zero-order valence-electron chi connectivity index (χ0n) is 17.3. The van der Waals surface area contributed by atoms with Crippen molar-refractivity contribution in [2.24, 2.45) is 5.73 Å². The number of hydrogen-bond donors (Lipinski definition) is 3. The molecule has 4 N–H and O–H groups in total. The van der Waals surface area contributed by atoms with Crippen molar-refractivity contribution in [3.63, 3.8) is 0 Å². The number of aryl methyl sites for hydroxylation is 1.